The fourth-order valence-corrected chi connectivity index (χ4v) is 3.79. The van der Waals surface area contributed by atoms with E-state index >= 15 is 0 Å². The molecule has 0 aliphatic rings. The van der Waals surface area contributed by atoms with Crippen molar-refractivity contribution in [3.8, 4) is 5.75 Å². The van der Waals surface area contributed by atoms with Crippen LogP contribution in [-0.2, 0) is 11.4 Å². The highest BCUT2D eigenvalue weighted by Crippen LogP contribution is 2.37. The lowest BCUT2D eigenvalue weighted by molar-refractivity contribution is -0.117. The summed E-state index contributed by atoms with van der Waals surface area (Å²) in [4.78, 5) is 17.8. The molecule has 0 saturated carbocycles. The van der Waals surface area contributed by atoms with E-state index < -0.39 is 0 Å². The zero-order valence-electron chi connectivity index (χ0n) is 15.3. The Morgan fingerprint density at radius 3 is 2.57 bits per heavy atom. The molecular weight excluding hydrogens is 421 g/mol. The predicted octanol–water partition coefficient (Wildman–Crippen LogP) is 5.00. The first-order valence-corrected chi connectivity index (χ1v) is 9.59. The smallest absolute Gasteiger partial charge is 0.240 e. The van der Waals surface area contributed by atoms with Crippen LogP contribution in [0.15, 0.2) is 36.4 Å². The predicted molar refractivity (Wildman–Crippen MR) is 115 cm³/mol. The Hall–Kier alpha value is -2.05. The lowest BCUT2D eigenvalue weighted by Gasteiger charge is -2.21. The number of amides is 1. The number of likely N-dealkylation sites (N-methyl/N-ethyl adjacent to an activating group) is 1. The molecule has 0 radical (unpaired) electrons. The maximum atomic E-state index is 11.9. The van der Waals surface area contributed by atoms with Gasteiger partial charge in [-0.25, -0.2) is 4.98 Å². The maximum Gasteiger partial charge on any atom is 0.240 e. The molecule has 1 aromatic heterocycles. The minimum Gasteiger partial charge on any atom is -0.485 e. The zero-order chi connectivity index (χ0) is 20.4. The lowest BCUT2D eigenvalue weighted by Crippen LogP contribution is -2.32. The van der Waals surface area contributed by atoms with E-state index in [2.05, 4.69) is 4.98 Å². The quantitative estimate of drug-likeness (QED) is 0.608. The van der Waals surface area contributed by atoms with E-state index in [1.165, 1.54) is 4.90 Å². The van der Waals surface area contributed by atoms with Crippen molar-refractivity contribution in [1.29, 1.82) is 0 Å². The zero-order valence-corrected chi connectivity index (χ0v) is 17.6. The highest BCUT2D eigenvalue weighted by Gasteiger charge is 2.19. The van der Waals surface area contributed by atoms with Crippen molar-refractivity contribution in [3.05, 3.63) is 62.7 Å². The molecule has 2 aromatic carbocycles. The molecule has 0 unspecified atom stereocenters. The summed E-state index contributed by atoms with van der Waals surface area (Å²) in [6.45, 7) is 1.76. The lowest BCUT2D eigenvalue weighted by atomic mass is 10.1. The van der Waals surface area contributed by atoms with Gasteiger partial charge in [0.2, 0.25) is 5.91 Å². The second-order valence-electron chi connectivity index (χ2n) is 6.16. The van der Waals surface area contributed by atoms with E-state index in [0.717, 1.165) is 10.9 Å². The number of anilines is 1. The summed E-state index contributed by atoms with van der Waals surface area (Å²) in [5.41, 5.74) is 7.92. The van der Waals surface area contributed by atoms with Crippen molar-refractivity contribution >= 4 is 57.3 Å². The fourth-order valence-electron chi connectivity index (χ4n) is 2.83. The van der Waals surface area contributed by atoms with Gasteiger partial charge < -0.3 is 15.4 Å². The van der Waals surface area contributed by atoms with Gasteiger partial charge in [-0.3, -0.25) is 4.79 Å². The number of nitrogens with zero attached hydrogens (tertiary/aromatic N) is 2. The van der Waals surface area contributed by atoms with Gasteiger partial charge in [0.15, 0.2) is 5.75 Å². The maximum absolute atomic E-state index is 11.9. The van der Waals surface area contributed by atoms with Crippen molar-refractivity contribution < 1.29 is 9.53 Å². The number of hydrogen-bond acceptors (Lipinski definition) is 4. The Morgan fingerprint density at radius 2 is 1.86 bits per heavy atom. The monoisotopic (exact) mass is 437 g/mol. The summed E-state index contributed by atoms with van der Waals surface area (Å²) in [6.07, 6.45) is 0. The number of aryl methyl sites for hydroxylation is 1. The van der Waals surface area contributed by atoms with Crippen LogP contribution in [0.3, 0.4) is 0 Å². The average molecular weight is 439 g/mol. The van der Waals surface area contributed by atoms with E-state index in [1.54, 1.807) is 19.2 Å². The highest BCUT2D eigenvalue weighted by molar-refractivity contribution is 6.38. The number of nitrogens with two attached hydrogens (primary N) is 1. The second-order valence-corrected chi connectivity index (χ2v) is 7.33. The minimum atomic E-state index is -0.270. The summed E-state index contributed by atoms with van der Waals surface area (Å²) in [5, 5.41) is 2.01. The van der Waals surface area contributed by atoms with E-state index in [1.807, 2.05) is 31.2 Å². The number of carbonyl (C=O) groups excluding carboxylic acids is 1. The third-order valence-electron chi connectivity index (χ3n) is 4.39. The van der Waals surface area contributed by atoms with Gasteiger partial charge in [0.1, 0.15) is 6.61 Å². The number of aromatic nitrogens is 1. The van der Waals surface area contributed by atoms with Crippen molar-refractivity contribution in [3.63, 3.8) is 0 Å². The molecule has 8 heteroatoms. The summed E-state index contributed by atoms with van der Waals surface area (Å²) in [6, 6.07) is 10.9. The van der Waals surface area contributed by atoms with E-state index in [4.69, 9.17) is 45.3 Å². The number of halogens is 3. The SMILES string of the molecule is Cc1nc2ccccc2c(Cl)c1OCc1c(Cl)ccc(N(C)C(=O)CN)c1Cl. The Bertz CT molecular complexity index is 1060. The molecule has 0 atom stereocenters. The Labute approximate surface area is 177 Å². The van der Waals surface area contributed by atoms with Crippen LogP contribution in [0.1, 0.15) is 11.3 Å². The van der Waals surface area contributed by atoms with Crippen molar-refractivity contribution in [2.75, 3.05) is 18.5 Å². The fraction of sp³-hybridized carbons (Fsp3) is 0.200. The minimum absolute atomic E-state index is 0.0662. The first-order chi connectivity index (χ1) is 13.3. The largest absolute Gasteiger partial charge is 0.485 e. The number of para-hydroxylation sites is 1. The summed E-state index contributed by atoms with van der Waals surface area (Å²) < 4.78 is 5.95. The molecule has 1 amide bonds. The number of benzene rings is 2. The number of pyridine rings is 1. The van der Waals surface area contributed by atoms with Gasteiger partial charge in [0.25, 0.3) is 0 Å². The standard InChI is InChI=1S/C20H18Cl3N3O2/c1-11-20(19(23)12-5-3-4-6-15(12)25-11)28-10-13-14(21)7-8-16(18(13)22)26(2)17(27)9-24/h3-8H,9-10,24H2,1-2H3. The van der Waals surface area contributed by atoms with Gasteiger partial charge in [0, 0.05) is 23.0 Å². The Balaban J connectivity index is 1.95. The van der Waals surface area contributed by atoms with Crippen LogP contribution < -0.4 is 15.4 Å². The topological polar surface area (TPSA) is 68.5 Å². The molecule has 28 heavy (non-hydrogen) atoms. The van der Waals surface area contributed by atoms with Gasteiger partial charge in [-0.05, 0) is 25.1 Å². The molecule has 0 aliphatic heterocycles. The van der Waals surface area contributed by atoms with Gasteiger partial charge in [-0.15, -0.1) is 0 Å². The third-order valence-corrected chi connectivity index (χ3v) is 5.54. The molecule has 0 spiro atoms. The average Bonchev–Trinajstić information content (AvgIpc) is 2.68. The summed E-state index contributed by atoms with van der Waals surface area (Å²) in [7, 11) is 1.60. The molecule has 1 heterocycles. The van der Waals surface area contributed by atoms with Crippen LogP contribution >= 0.6 is 34.8 Å². The van der Waals surface area contributed by atoms with Gasteiger partial charge in [-0.2, -0.15) is 0 Å². The molecule has 5 nitrogen and oxygen atoms in total. The number of rotatable bonds is 5. The van der Waals surface area contributed by atoms with Crippen LogP contribution in [0.25, 0.3) is 10.9 Å². The summed E-state index contributed by atoms with van der Waals surface area (Å²) >= 11 is 19.4. The molecule has 3 aromatic rings. The number of ether oxygens (including phenoxy) is 1. The van der Waals surface area contributed by atoms with Crippen LogP contribution in [0.2, 0.25) is 15.1 Å². The number of carbonyl (C=O) groups is 1. The van der Waals surface area contributed by atoms with E-state index in [9.17, 15) is 4.79 Å². The Morgan fingerprint density at radius 1 is 1.14 bits per heavy atom. The molecule has 0 aliphatic carbocycles. The molecule has 2 N–H and O–H groups in total. The van der Waals surface area contributed by atoms with Gasteiger partial charge in [0.05, 0.1) is 33.5 Å². The number of fused-ring (bicyclic) bond motifs is 1. The van der Waals surface area contributed by atoms with E-state index in [-0.39, 0.29) is 19.1 Å². The van der Waals surface area contributed by atoms with Crippen LogP contribution in [0.5, 0.6) is 5.75 Å². The normalized spacial score (nSPS) is 10.9. The molecule has 146 valence electrons. The molecule has 0 bridgehead atoms. The first kappa shape index (κ1) is 20.7. The molecular formula is C20H18Cl3N3O2. The van der Waals surface area contributed by atoms with Crippen molar-refractivity contribution in [1.82, 2.24) is 4.98 Å². The highest BCUT2D eigenvalue weighted by atomic mass is 35.5. The van der Waals surface area contributed by atoms with Crippen molar-refractivity contribution in [2.24, 2.45) is 5.73 Å². The number of hydrogen-bond donors (Lipinski definition) is 1. The Kier molecular flexibility index (Phi) is 6.30. The first-order valence-electron chi connectivity index (χ1n) is 8.46. The third kappa shape index (κ3) is 3.89. The van der Waals surface area contributed by atoms with Crippen LogP contribution in [0, 0.1) is 6.92 Å². The van der Waals surface area contributed by atoms with Gasteiger partial charge >= 0.3 is 0 Å². The molecule has 0 fully saturated rings. The second kappa shape index (κ2) is 8.53. The molecule has 3 rings (SSSR count). The van der Waals surface area contributed by atoms with E-state index in [0.29, 0.717) is 37.8 Å². The van der Waals surface area contributed by atoms with Crippen LogP contribution in [-0.4, -0.2) is 24.5 Å². The van der Waals surface area contributed by atoms with Gasteiger partial charge in [-0.1, -0.05) is 53.0 Å². The molecule has 0 saturated heterocycles. The van der Waals surface area contributed by atoms with Crippen LogP contribution in [0.4, 0.5) is 5.69 Å². The van der Waals surface area contributed by atoms with Crippen molar-refractivity contribution in [2.45, 2.75) is 13.5 Å². The summed E-state index contributed by atoms with van der Waals surface area (Å²) in [5.74, 6) is 0.193.